The second-order valence-corrected chi connectivity index (χ2v) is 5.43. The van der Waals surface area contributed by atoms with E-state index in [9.17, 15) is 17.6 Å². The van der Waals surface area contributed by atoms with Crippen LogP contribution in [0.2, 0.25) is 0 Å². The normalized spacial score (nSPS) is 27.4. The summed E-state index contributed by atoms with van der Waals surface area (Å²) < 4.78 is 50.9. The molecule has 6 heteroatoms. The summed E-state index contributed by atoms with van der Waals surface area (Å²) in [5.41, 5.74) is 5.91. The minimum absolute atomic E-state index is 0.0783. The molecule has 0 radical (unpaired) electrons. The Morgan fingerprint density at radius 3 is 2.15 bits per heavy atom. The van der Waals surface area contributed by atoms with Gasteiger partial charge in [0.05, 0.1) is 5.92 Å². The van der Waals surface area contributed by atoms with Gasteiger partial charge in [-0.3, -0.25) is 0 Å². The van der Waals surface area contributed by atoms with E-state index in [4.69, 9.17) is 5.73 Å². The Morgan fingerprint density at radius 1 is 1.15 bits per heavy atom. The van der Waals surface area contributed by atoms with E-state index >= 15 is 0 Å². The monoisotopic (exact) mass is 290 g/mol. The topological polar surface area (TPSA) is 38.0 Å². The molecule has 2 nitrogen and oxygen atoms in total. The SMILES string of the molecule is NCC1(Nc2ccc(F)cc2)CCC(C(F)(F)F)CC1. The van der Waals surface area contributed by atoms with Crippen molar-refractivity contribution in [3.05, 3.63) is 30.1 Å². The molecule has 0 aromatic heterocycles. The van der Waals surface area contributed by atoms with Crippen molar-refractivity contribution in [1.29, 1.82) is 0 Å². The van der Waals surface area contributed by atoms with Crippen LogP contribution in [0.25, 0.3) is 0 Å². The van der Waals surface area contributed by atoms with Gasteiger partial charge in [-0.2, -0.15) is 13.2 Å². The van der Waals surface area contributed by atoms with Crippen molar-refractivity contribution in [2.24, 2.45) is 11.7 Å². The van der Waals surface area contributed by atoms with E-state index in [0.717, 1.165) is 0 Å². The number of nitrogens with two attached hydrogens (primary N) is 1. The predicted molar refractivity (Wildman–Crippen MR) is 69.8 cm³/mol. The first-order valence-corrected chi connectivity index (χ1v) is 6.65. The largest absolute Gasteiger partial charge is 0.391 e. The van der Waals surface area contributed by atoms with Crippen molar-refractivity contribution in [2.75, 3.05) is 11.9 Å². The Morgan fingerprint density at radius 2 is 1.70 bits per heavy atom. The maximum Gasteiger partial charge on any atom is 0.391 e. The van der Waals surface area contributed by atoms with Gasteiger partial charge >= 0.3 is 6.18 Å². The predicted octanol–water partition coefficient (Wildman–Crippen LogP) is 3.69. The summed E-state index contributed by atoms with van der Waals surface area (Å²) in [5.74, 6) is -1.59. The molecular weight excluding hydrogens is 272 g/mol. The van der Waals surface area contributed by atoms with Gasteiger partial charge in [0.1, 0.15) is 5.82 Å². The number of benzene rings is 1. The van der Waals surface area contributed by atoms with Crippen LogP contribution >= 0.6 is 0 Å². The van der Waals surface area contributed by atoms with Crippen LogP contribution in [0.1, 0.15) is 25.7 Å². The zero-order valence-corrected chi connectivity index (χ0v) is 11.0. The molecule has 0 atom stereocenters. The summed E-state index contributed by atoms with van der Waals surface area (Å²) in [7, 11) is 0. The molecule has 1 saturated carbocycles. The van der Waals surface area contributed by atoms with E-state index in [2.05, 4.69) is 5.32 Å². The number of halogens is 4. The summed E-state index contributed by atoms with van der Waals surface area (Å²) in [4.78, 5) is 0. The first-order chi connectivity index (χ1) is 9.35. The molecule has 0 bridgehead atoms. The second-order valence-electron chi connectivity index (χ2n) is 5.43. The lowest BCUT2D eigenvalue weighted by atomic mass is 9.76. The fourth-order valence-corrected chi connectivity index (χ4v) is 2.72. The van der Waals surface area contributed by atoms with Crippen LogP contribution in [-0.2, 0) is 0 Å². The molecule has 0 saturated heterocycles. The van der Waals surface area contributed by atoms with E-state index in [-0.39, 0.29) is 25.2 Å². The fraction of sp³-hybridized carbons (Fsp3) is 0.571. The van der Waals surface area contributed by atoms with Crippen molar-refractivity contribution >= 4 is 5.69 Å². The quantitative estimate of drug-likeness (QED) is 0.833. The summed E-state index contributed by atoms with van der Waals surface area (Å²) in [6.45, 7) is 0.259. The molecule has 0 unspecified atom stereocenters. The van der Waals surface area contributed by atoms with Gasteiger partial charge in [-0.1, -0.05) is 0 Å². The third-order valence-electron chi connectivity index (χ3n) is 4.05. The number of nitrogens with one attached hydrogen (secondary N) is 1. The number of rotatable bonds is 3. The molecule has 0 amide bonds. The third kappa shape index (κ3) is 3.42. The van der Waals surface area contributed by atoms with E-state index in [1.807, 2.05) is 0 Å². The first-order valence-electron chi connectivity index (χ1n) is 6.65. The van der Waals surface area contributed by atoms with Crippen molar-refractivity contribution in [2.45, 2.75) is 37.4 Å². The van der Waals surface area contributed by atoms with Crippen molar-refractivity contribution in [3.63, 3.8) is 0 Å². The average Bonchev–Trinajstić information content (AvgIpc) is 2.41. The molecule has 1 aromatic carbocycles. The van der Waals surface area contributed by atoms with Crippen LogP contribution in [0.3, 0.4) is 0 Å². The lowest BCUT2D eigenvalue weighted by molar-refractivity contribution is -0.183. The summed E-state index contributed by atoms with van der Waals surface area (Å²) >= 11 is 0. The zero-order chi connectivity index (χ0) is 14.8. The molecule has 1 aromatic rings. The molecule has 2 rings (SSSR count). The molecule has 20 heavy (non-hydrogen) atoms. The second kappa shape index (κ2) is 5.60. The van der Waals surface area contributed by atoms with Gasteiger partial charge in [0.2, 0.25) is 0 Å². The lowest BCUT2D eigenvalue weighted by Crippen LogP contribution is -2.49. The highest BCUT2D eigenvalue weighted by atomic mass is 19.4. The maximum absolute atomic E-state index is 12.8. The standard InChI is InChI=1S/C14H18F4N2/c15-11-1-3-12(4-2-11)20-13(9-19)7-5-10(6-8-13)14(16,17)18/h1-4,10,20H,5-9,19H2. The van der Waals surface area contributed by atoms with Crippen LogP contribution in [-0.4, -0.2) is 18.3 Å². The van der Waals surface area contributed by atoms with Crippen LogP contribution in [0, 0.1) is 11.7 Å². The van der Waals surface area contributed by atoms with Gasteiger partial charge in [-0.05, 0) is 49.9 Å². The smallest absolute Gasteiger partial charge is 0.378 e. The van der Waals surface area contributed by atoms with Crippen LogP contribution in [0.4, 0.5) is 23.2 Å². The molecule has 0 heterocycles. The molecule has 1 fully saturated rings. The van der Waals surface area contributed by atoms with Gasteiger partial charge in [0, 0.05) is 17.8 Å². The van der Waals surface area contributed by atoms with Crippen molar-refractivity contribution < 1.29 is 17.6 Å². The van der Waals surface area contributed by atoms with Crippen LogP contribution in [0.5, 0.6) is 0 Å². The van der Waals surface area contributed by atoms with Gasteiger partial charge < -0.3 is 11.1 Å². The van der Waals surface area contributed by atoms with Crippen molar-refractivity contribution in [1.82, 2.24) is 0 Å². The van der Waals surface area contributed by atoms with Crippen molar-refractivity contribution in [3.8, 4) is 0 Å². The van der Waals surface area contributed by atoms with Crippen LogP contribution < -0.4 is 11.1 Å². The van der Waals surface area contributed by atoms with E-state index in [1.54, 1.807) is 12.1 Å². The highest BCUT2D eigenvalue weighted by Gasteiger charge is 2.45. The minimum Gasteiger partial charge on any atom is -0.378 e. The number of anilines is 1. The van der Waals surface area contributed by atoms with E-state index in [0.29, 0.717) is 18.5 Å². The molecular formula is C14H18F4N2. The molecule has 112 valence electrons. The minimum atomic E-state index is -4.13. The highest BCUT2D eigenvalue weighted by Crippen LogP contribution is 2.41. The average molecular weight is 290 g/mol. The molecule has 3 N–H and O–H groups in total. The Hall–Kier alpha value is -1.30. The zero-order valence-electron chi connectivity index (χ0n) is 11.0. The molecule has 0 aliphatic heterocycles. The Balaban J connectivity index is 2.03. The first kappa shape index (κ1) is 15.1. The summed E-state index contributed by atoms with van der Waals surface area (Å²) in [6, 6.07) is 5.77. The third-order valence-corrected chi connectivity index (χ3v) is 4.05. The summed E-state index contributed by atoms with van der Waals surface area (Å²) in [5, 5.41) is 3.18. The lowest BCUT2D eigenvalue weighted by Gasteiger charge is -2.41. The van der Waals surface area contributed by atoms with Gasteiger partial charge in [-0.25, -0.2) is 4.39 Å². The highest BCUT2D eigenvalue weighted by molar-refractivity contribution is 5.45. The molecule has 1 aliphatic carbocycles. The van der Waals surface area contributed by atoms with Gasteiger partial charge in [-0.15, -0.1) is 0 Å². The number of hydrogen-bond donors (Lipinski definition) is 2. The number of alkyl halides is 3. The maximum atomic E-state index is 12.8. The number of hydrogen-bond acceptors (Lipinski definition) is 2. The fourth-order valence-electron chi connectivity index (χ4n) is 2.72. The van der Waals surface area contributed by atoms with Gasteiger partial charge in [0.15, 0.2) is 0 Å². The van der Waals surface area contributed by atoms with E-state index < -0.39 is 17.6 Å². The van der Waals surface area contributed by atoms with Gasteiger partial charge in [0.25, 0.3) is 0 Å². The Bertz CT molecular complexity index is 433. The summed E-state index contributed by atoms with van der Waals surface area (Å²) in [6.07, 6.45) is -3.24. The van der Waals surface area contributed by atoms with E-state index in [1.165, 1.54) is 12.1 Å². The molecule has 1 aliphatic rings. The Kier molecular flexibility index (Phi) is 4.22. The van der Waals surface area contributed by atoms with Crippen LogP contribution in [0.15, 0.2) is 24.3 Å². The Labute approximate surface area is 115 Å². The molecule has 0 spiro atoms.